The number of carbonyl (C=O) groups is 2. The Balaban J connectivity index is 2.96. The standard InChI is InChI=1S/C14H19NO5S/c1-4-5-21(19,20)8-13(16)15-12-7-11(14(17)18)9(2)6-10(12)3/h6-7H,4-5,8H2,1-3H3,(H,15,16)(H,17,18). The van der Waals surface area contributed by atoms with Crippen molar-refractivity contribution in [3.63, 3.8) is 0 Å². The summed E-state index contributed by atoms with van der Waals surface area (Å²) in [4.78, 5) is 22.9. The molecule has 0 atom stereocenters. The summed E-state index contributed by atoms with van der Waals surface area (Å²) in [5, 5.41) is 11.5. The van der Waals surface area contributed by atoms with Gasteiger partial charge >= 0.3 is 5.97 Å². The number of nitrogens with one attached hydrogen (secondary N) is 1. The van der Waals surface area contributed by atoms with Crippen LogP contribution in [0.5, 0.6) is 0 Å². The Hall–Kier alpha value is -1.89. The molecule has 1 rings (SSSR count). The van der Waals surface area contributed by atoms with Crippen LogP contribution in [0.15, 0.2) is 12.1 Å². The van der Waals surface area contributed by atoms with Crippen molar-refractivity contribution in [2.45, 2.75) is 27.2 Å². The van der Waals surface area contributed by atoms with E-state index in [4.69, 9.17) is 5.11 Å². The number of carboxylic acids is 1. The largest absolute Gasteiger partial charge is 0.478 e. The minimum absolute atomic E-state index is 0.0479. The van der Waals surface area contributed by atoms with E-state index in [1.54, 1.807) is 26.8 Å². The van der Waals surface area contributed by atoms with Gasteiger partial charge in [0.1, 0.15) is 5.75 Å². The Morgan fingerprint density at radius 1 is 1.19 bits per heavy atom. The van der Waals surface area contributed by atoms with Crippen molar-refractivity contribution in [3.8, 4) is 0 Å². The fourth-order valence-electron chi connectivity index (χ4n) is 1.99. The number of rotatable bonds is 6. The van der Waals surface area contributed by atoms with Gasteiger partial charge in [0, 0.05) is 5.69 Å². The number of aryl methyl sites for hydroxylation is 2. The Labute approximate surface area is 124 Å². The maximum Gasteiger partial charge on any atom is 0.336 e. The molecule has 0 unspecified atom stereocenters. The highest BCUT2D eigenvalue weighted by Gasteiger charge is 2.17. The van der Waals surface area contributed by atoms with Gasteiger partial charge in [0.2, 0.25) is 5.91 Å². The number of hydrogen-bond donors (Lipinski definition) is 2. The van der Waals surface area contributed by atoms with E-state index in [2.05, 4.69) is 5.32 Å². The van der Waals surface area contributed by atoms with Gasteiger partial charge in [-0.15, -0.1) is 0 Å². The molecule has 6 nitrogen and oxygen atoms in total. The number of sulfone groups is 1. The third-order valence-corrected chi connectivity index (χ3v) is 4.67. The minimum atomic E-state index is -3.43. The van der Waals surface area contributed by atoms with Gasteiger partial charge in [0.15, 0.2) is 9.84 Å². The van der Waals surface area contributed by atoms with E-state index in [1.807, 2.05) is 0 Å². The second-order valence-corrected chi connectivity index (χ2v) is 7.11. The van der Waals surface area contributed by atoms with E-state index < -0.39 is 27.5 Å². The lowest BCUT2D eigenvalue weighted by Crippen LogP contribution is -2.25. The first-order valence-corrected chi connectivity index (χ1v) is 8.33. The number of carbonyl (C=O) groups excluding carboxylic acids is 1. The number of carboxylic acid groups (broad SMARTS) is 1. The Morgan fingerprint density at radius 2 is 1.81 bits per heavy atom. The predicted molar refractivity (Wildman–Crippen MR) is 80.4 cm³/mol. The predicted octanol–water partition coefficient (Wildman–Crippen LogP) is 1.76. The first-order chi connectivity index (χ1) is 9.66. The third-order valence-electron chi connectivity index (χ3n) is 2.94. The molecule has 116 valence electrons. The van der Waals surface area contributed by atoms with Crippen LogP contribution in [0.2, 0.25) is 0 Å². The summed E-state index contributed by atoms with van der Waals surface area (Å²) in [5.74, 6) is -2.40. The summed E-state index contributed by atoms with van der Waals surface area (Å²) in [5.41, 5.74) is 1.65. The van der Waals surface area contributed by atoms with Crippen molar-refractivity contribution in [2.75, 3.05) is 16.8 Å². The second kappa shape index (κ2) is 6.71. The van der Waals surface area contributed by atoms with Gasteiger partial charge in [-0.3, -0.25) is 4.79 Å². The molecule has 21 heavy (non-hydrogen) atoms. The molecular weight excluding hydrogens is 294 g/mol. The van der Waals surface area contributed by atoms with E-state index in [9.17, 15) is 18.0 Å². The van der Waals surface area contributed by atoms with E-state index >= 15 is 0 Å². The lowest BCUT2D eigenvalue weighted by molar-refractivity contribution is -0.113. The molecule has 0 spiro atoms. The maximum atomic E-state index is 11.8. The quantitative estimate of drug-likeness (QED) is 0.833. The van der Waals surface area contributed by atoms with E-state index in [-0.39, 0.29) is 11.3 Å². The normalized spacial score (nSPS) is 11.2. The van der Waals surface area contributed by atoms with Gasteiger partial charge in [0.05, 0.1) is 11.3 Å². The van der Waals surface area contributed by atoms with Crippen LogP contribution in [0.1, 0.15) is 34.8 Å². The number of amides is 1. The fraction of sp³-hybridized carbons (Fsp3) is 0.429. The van der Waals surface area contributed by atoms with Crippen LogP contribution >= 0.6 is 0 Å². The third kappa shape index (κ3) is 4.86. The zero-order valence-electron chi connectivity index (χ0n) is 12.3. The van der Waals surface area contributed by atoms with Gasteiger partial charge < -0.3 is 10.4 Å². The highest BCUT2D eigenvalue weighted by molar-refractivity contribution is 7.92. The number of anilines is 1. The molecule has 0 saturated carbocycles. The Kier molecular flexibility index (Phi) is 5.48. The van der Waals surface area contributed by atoms with Crippen LogP contribution < -0.4 is 5.32 Å². The summed E-state index contributed by atoms with van der Waals surface area (Å²) < 4.78 is 23.2. The minimum Gasteiger partial charge on any atom is -0.478 e. The molecule has 1 aromatic rings. The highest BCUT2D eigenvalue weighted by Crippen LogP contribution is 2.21. The maximum absolute atomic E-state index is 11.8. The van der Waals surface area contributed by atoms with Crippen molar-refractivity contribution in [3.05, 3.63) is 28.8 Å². The average molecular weight is 313 g/mol. The Morgan fingerprint density at radius 3 is 2.33 bits per heavy atom. The van der Waals surface area contributed by atoms with E-state index in [0.717, 1.165) is 0 Å². The zero-order valence-corrected chi connectivity index (χ0v) is 13.1. The molecule has 7 heteroatoms. The SMILES string of the molecule is CCCS(=O)(=O)CC(=O)Nc1cc(C(=O)O)c(C)cc1C. The second-order valence-electron chi connectivity index (χ2n) is 4.93. The van der Waals surface area contributed by atoms with Gasteiger partial charge in [-0.05, 0) is 37.5 Å². The topological polar surface area (TPSA) is 101 Å². The molecular formula is C14H19NO5S. The molecule has 0 aliphatic rings. The number of hydrogen-bond acceptors (Lipinski definition) is 4. The van der Waals surface area contributed by atoms with Crippen molar-refractivity contribution in [2.24, 2.45) is 0 Å². The van der Waals surface area contributed by atoms with Crippen LogP contribution in [0.4, 0.5) is 5.69 Å². The lowest BCUT2D eigenvalue weighted by atomic mass is 10.0. The summed E-state index contributed by atoms with van der Waals surface area (Å²) in [7, 11) is -3.43. The van der Waals surface area contributed by atoms with Crippen LogP contribution in [0.25, 0.3) is 0 Å². The molecule has 0 saturated heterocycles. The molecule has 0 aliphatic heterocycles. The molecule has 0 heterocycles. The summed E-state index contributed by atoms with van der Waals surface area (Å²) in [6, 6.07) is 2.98. The van der Waals surface area contributed by atoms with Gasteiger partial charge in [0.25, 0.3) is 0 Å². The van der Waals surface area contributed by atoms with Crippen molar-refractivity contribution >= 4 is 27.4 Å². The molecule has 0 aromatic heterocycles. The van der Waals surface area contributed by atoms with E-state index in [0.29, 0.717) is 23.2 Å². The molecule has 0 radical (unpaired) electrons. The molecule has 1 aromatic carbocycles. The molecule has 0 bridgehead atoms. The highest BCUT2D eigenvalue weighted by atomic mass is 32.2. The fourth-order valence-corrected chi connectivity index (χ4v) is 3.22. The average Bonchev–Trinajstić information content (AvgIpc) is 2.31. The molecule has 0 fully saturated rings. The summed E-state index contributed by atoms with van der Waals surface area (Å²) in [6.45, 7) is 5.10. The van der Waals surface area contributed by atoms with Crippen LogP contribution in [-0.4, -0.2) is 36.9 Å². The lowest BCUT2D eigenvalue weighted by Gasteiger charge is -2.11. The summed E-state index contributed by atoms with van der Waals surface area (Å²) in [6.07, 6.45) is 0.447. The molecule has 0 aliphatic carbocycles. The monoisotopic (exact) mass is 313 g/mol. The first-order valence-electron chi connectivity index (χ1n) is 6.51. The van der Waals surface area contributed by atoms with Gasteiger partial charge in [-0.2, -0.15) is 0 Å². The van der Waals surface area contributed by atoms with Crippen LogP contribution in [0.3, 0.4) is 0 Å². The van der Waals surface area contributed by atoms with E-state index in [1.165, 1.54) is 6.07 Å². The van der Waals surface area contributed by atoms with Gasteiger partial charge in [-0.25, -0.2) is 13.2 Å². The van der Waals surface area contributed by atoms with Crippen molar-refractivity contribution in [1.82, 2.24) is 0 Å². The number of aromatic carboxylic acids is 1. The van der Waals surface area contributed by atoms with Crippen LogP contribution in [0, 0.1) is 13.8 Å². The summed E-state index contributed by atoms with van der Waals surface area (Å²) >= 11 is 0. The molecule has 2 N–H and O–H groups in total. The van der Waals surface area contributed by atoms with Gasteiger partial charge in [-0.1, -0.05) is 13.0 Å². The zero-order chi connectivity index (χ0) is 16.2. The van der Waals surface area contributed by atoms with Crippen molar-refractivity contribution in [1.29, 1.82) is 0 Å². The Bertz CT molecular complexity index is 664. The molecule has 1 amide bonds. The van der Waals surface area contributed by atoms with Crippen LogP contribution in [-0.2, 0) is 14.6 Å². The first kappa shape index (κ1) is 17.2. The van der Waals surface area contributed by atoms with Crippen molar-refractivity contribution < 1.29 is 23.1 Å². The number of benzene rings is 1. The smallest absolute Gasteiger partial charge is 0.336 e.